The van der Waals surface area contributed by atoms with Gasteiger partial charge in [0.25, 0.3) is 10.1 Å². The topological polar surface area (TPSA) is 551 Å². The Morgan fingerprint density at radius 2 is 1.22 bits per heavy atom. The summed E-state index contributed by atoms with van der Waals surface area (Å²) >= 11 is 0. The second-order valence-corrected chi connectivity index (χ2v) is 39.9. The number of aliphatic hydroxyl groups is 1. The average Bonchev–Trinajstić information content (AvgIpc) is 1.51. The fourth-order valence-corrected chi connectivity index (χ4v) is 20.6. The summed E-state index contributed by atoms with van der Waals surface area (Å²) < 4.78 is 147. The maximum atomic E-state index is 18.2. The predicted octanol–water partition coefficient (Wildman–Crippen LogP) is 2.69. The number of nitrogens with zero attached hydrogens (tertiary/aromatic N) is 2. The number of hydrogen-bond acceptors (Lipinski definition) is 34. The minimum atomic E-state index is -4.16. The highest BCUT2D eigenvalue weighted by Gasteiger charge is 2.80. The van der Waals surface area contributed by atoms with Crippen LogP contribution in [-0.4, -0.2) is 353 Å². The number of fused-ring (bicyclic) bond motifs is 9. The number of ketones is 2. The standard InChI is InChI=1S/C101H157F2N15O28S/c1-8-18-90-145-84-63-74-75-62-77(102)76-61-71(119)28-31-98(76,5)100(75,103)82(120)64-99(74,6)101(84,146-90)83(121)65-110-95(127)69(4)111-97(129)91(68(2)3)113-96(128)78(22-16-17-32-106-88(125)67-144-81-25-11-9-10-24-80-94(81)115-116-118(80)37-43-138-49-55-143-59-57-139-50-44-133-38-29-86(123)108-36-60-147(130,131)132)112-87(124)30-39-134-45-51-140-56-58-142-53-47-136-41-34-107-85(122)26-27-89(126)117-66-70-19-12-13-20-72(70)92(93(114-104)73-21-14-15-23-79(73)117)109-35-42-137-48-54-141-52-46-135-40-33-105-7/h12-15,19-21,23,28,31,61,68-69,74-75,77-78,81-82,84,90-91,105,109,114-116,120H,8-11,16-18,22,24-27,29-30,32-60,62-67,104H2,1-7H3,(H,106,125)(H,107,122)(H,108,123)(H,110,127)(H,111,129)(H,112,124)(H,113,128)(H,130,131,132)/b93-92-/t69-,74-,75-,77-,78+,81?,82-,84+,90?,91-,98-,99-,100-,101+/m0/s1. The van der Waals surface area contributed by atoms with Gasteiger partial charge in [0, 0.05) is 86.3 Å². The van der Waals surface area contributed by atoms with E-state index in [2.05, 4.69) is 64.2 Å². The number of rotatable bonds is 70. The van der Waals surface area contributed by atoms with Crippen molar-refractivity contribution >= 4 is 86.0 Å². The Morgan fingerprint density at radius 3 is 1.86 bits per heavy atom. The minimum Gasteiger partial charge on any atom is -0.390 e. The van der Waals surface area contributed by atoms with E-state index in [9.17, 15) is 56.7 Å². The molecular formula is C101H157F2N15O28S. The molecule has 1 saturated heterocycles. The zero-order valence-corrected chi connectivity index (χ0v) is 86.8. The van der Waals surface area contributed by atoms with Crippen molar-refractivity contribution in [2.45, 2.75) is 217 Å². The van der Waals surface area contributed by atoms with Gasteiger partial charge < -0.3 is 135 Å². The van der Waals surface area contributed by atoms with Gasteiger partial charge in [-0.3, -0.25) is 63.3 Å². The van der Waals surface area contributed by atoms with Crippen LogP contribution in [-0.2, 0) is 131 Å². The summed E-state index contributed by atoms with van der Waals surface area (Å²) in [5.74, 6) is -2.07. The van der Waals surface area contributed by atoms with Crippen LogP contribution in [0, 0.1) is 28.6 Å². The zero-order chi connectivity index (χ0) is 106. The van der Waals surface area contributed by atoms with Crippen molar-refractivity contribution in [1.82, 2.24) is 69.2 Å². The number of carbonyl (C=O) groups is 10. The highest BCUT2D eigenvalue weighted by molar-refractivity contribution is 7.85. The maximum absolute atomic E-state index is 18.2. The normalized spacial score (nSPS) is 24.1. The molecule has 8 amide bonds. The Hall–Kier alpha value is -9.25. The van der Waals surface area contributed by atoms with Gasteiger partial charge in [0.1, 0.15) is 37.0 Å². The fraction of sp³-hybridized carbons (Fsp3) is 0.703. The number of benzene rings is 2. The first-order valence-electron chi connectivity index (χ1n) is 51.6. The van der Waals surface area contributed by atoms with E-state index in [0.717, 1.165) is 66.5 Å². The third-order valence-corrected chi connectivity index (χ3v) is 28.5. The number of nitrogens with two attached hydrogens (primary N) is 1. The largest absolute Gasteiger partial charge is 0.390 e. The Kier molecular flexibility index (Phi) is 49.9. The lowest BCUT2D eigenvalue weighted by molar-refractivity contribution is -0.234. The molecule has 3 aliphatic heterocycles. The third kappa shape index (κ3) is 34.6. The molecule has 8 aliphatic rings. The Labute approximate surface area is 859 Å². The molecule has 5 aliphatic carbocycles. The number of aliphatic hydroxyl groups excluding tert-OH is 1. The number of alkyl halides is 2. The summed E-state index contributed by atoms with van der Waals surface area (Å²) in [4.78, 5) is 139. The lowest BCUT2D eigenvalue weighted by atomic mass is 9.44. The van der Waals surface area contributed by atoms with Crippen LogP contribution in [0.3, 0.4) is 0 Å². The number of likely N-dealkylation sites (N-methyl/N-ethyl adjacent to an activating group) is 1. The monoisotopic (exact) mass is 2100 g/mol. The summed E-state index contributed by atoms with van der Waals surface area (Å²) in [6, 6.07) is 11.4. The number of halogens is 2. The quantitative estimate of drug-likeness (QED) is 0.0196. The zero-order valence-electron chi connectivity index (χ0n) is 86.0. The number of carbonyl (C=O) groups excluding carboxylic acids is 10. The fourth-order valence-electron chi connectivity index (χ4n) is 20.2. The summed E-state index contributed by atoms with van der Waals surface area (Å²) in [5, 5.41) is 39.7. The van der Waals surface area contributed by atoms with Gasteiger partial charge in [-0.25, -0.2) is 8.78 Å². The number of hydrogen-bond donors (Lipinski definition) is 15. The van der Waals surface area contributed by atoms with E-state index in [1.54, 1.807) is 25.7 Å². The van der Waals surface area contributed by atoms with Crippen molar-refractivity contribution in [3.63, 3.8) is 0 Å². The highest BCUT2D eigenvalue weighted by atomic mass is 32.2. The summed E-state index contributed by atoms with van der Waals surface area (Å²) in [6.07, 6.45) is 2.96. The first-order valence-corrected chi connectivity index (χ1v) is 53.3. The lowest BCUT2D eigenvalue weighted by Gasteiger charge is -2.63. The number of hydrazine groups is 3. The lowest BCUT2D eigenvalue weighted by Crippen LogP contribution is -2.71. The van der Waals surface area contributed by atoms with Crippen molar-refractivity contribution in [3.05, 3.63) is 100 Å². The SMILES string of the molecule is CCCC1O[C@@H]2C[C@H]3[C@@H]4C[C@H](F)C5=CC(=O)C=C[C@]5(C)[C@@]4(F)[C@@H](O)C[C@]3(C)[C@]2(C(=O)CNC(=O)[C@H](C)NC(=O)[C@@H](NC(=O)[C@@H](CCCCNC(=O)COC2CCCCCC3=C2NNN3CCOCCOCCOCCOCCC(=O)NCCS(=O)(=O)O)NC(=O)CCOCCOCCOCCOCCNC(=O)CCC(=O)N2Cc3ccccc3/C(NCCOCCOCCOCCNC)=C(/NN)c3ccccc32)C(C)C)O1. The van der Waals surface area contributed by atoms with Crippen molar-refractivity contribution < 1.29 is 141 Å². The number of anilines is 1. The number of allylic oxidation sites excluding steroid dienone is 5. The average molecular weight is 2100 g/mol. The van der Waals surface area contributed by atoms with Crippen LogP contribution in [0.4, 0.5) is 14.5 Å². The van der Waals surface area contributed by atoms with Crippen molar-refractivity contribution in [3.8, 4) is 0 Å². The van der Waals surface area contributed by atoms with Crippen molar-refractivity contribution in [2.75, 3.05) is 215 Å². The Morgan fingerprint density at radius 1 is 0.633 bits per heavy atom. The molecule has 0 bridgehead atoms. The minimum absolute atomic E-state index is 0.0255. The molecule has 2 unspecified atom stereocenters. The van der Waals surface area contributed by atoms with Crippen LogP contribution < -0.4 is 75.0 Å². The van der Waals surface area contributed by atoms with E-state index in [4.69, 9.17) is 76.7 Å². The van der Waals surface area contributed by atoms with E-state index >= 15 is 13.6 Å². The first-order chi connectivity index (χ1) is 70.8. The molecule has 16 N–H and O–H groups in total. The number of ether oxygens (including phenoxy) is 14. The molecule has 4 fully saturated rings. The number of nitrogens with one attached hydrogen (secondary N) is 12. The second-order valence-electron chi connectivity index (χ2n) is 38.3. The highest BCUT2D eigenvalue weighted by Crippen LogP contribution is 2.72. The number of unbranched alkanes of at least 4 members (excludes halogenated alkanes) is 1. The molecule has 0 aromatic heterocycles. The molecule has 10 rings (SSSR count). The molecule has 14 atom stereocenters. The van der Waals surface area contributed by atoms with Gasteiger partial charge in [-0.1, -0.05) is 95.5 Å². The van der Waals surface area contributed by atoms with Gasteiger partial charge in [-0.05, 0) is 126 Å². The van der Waals surface area contributed by atoms with Gasteiger partial charge in [0.2, 0.25) is 47.3 Å². The van der Waals surface area contributed by atoms with Crippen molar-refractivity contribution in [1.29, 1.82) is 0 Å². The van der Waals surface area contributed by atoms with Crippen LogP contribution in [0.25, 0.3) is 11.4 Å². The van der Waals surface area contributed by atoms with E-state index < -0.39 is 152 Å². The smallest absolute Gasteiger partial charge is 0.266 e. The number of Topliss-reactive ketones (excluding diaryl/α,β-unsaturated/α-hetero) is 1. The molecule has 3 saturated carbocycles. The molecule has 824 valence electrons. The van der Waals surface area contributed by atoms with E-state index in [-0.39, 0.29) is 180 Å². The molecule has 2 aromatic carbocycles. The molecule has 46 heteroatoms. The van der Waals surface area contributed by atoms with Gasteiger partial charge in [0.05, 0.1) is 211 Å². The second kappa shape index (κ2) is 61.3. The van der Waals surface area contributed by atoms with E-state index in [1.165, 1.54) is 26.0 Å². The maximum Gasteiger partial charge on any atom is 0.266 e. The van der Waals surface area contributed by atoms with Crippen molar-refractivity contribution in [2.24, 2.45) is 34.4 Å². The Balaban J connectivity index is 0.642. The van der Waals surface area contributed by atoms with Crippen LogP contribution in [0.15, 0.2) is 83.7 Å². The van der Waals surface area contributed by atoms with Crippen LogP contribution >= 0.6 is 0 Å². The summed E-state index contributed by atoms with van der Waals surface area (Å²) in [6.45, 7) is 17.6. The summed E-state index contributed by atoms with van der Waals surface area (Å²) in [7, 11) is -2.29. The van der Waals surface area contributed by atoms with Crippen LogP contribution in [0.5, 0.6) is 0 Å². The third-order valence-electron chi connectivity index (χ3n) is 27.8. The van der Waals surface area contributed by atoms with E-state index in [0.29, 0.717) is 135 Å². The molecule has 147 heavy (non-hydrogen) atoms. The summed E-state index contributed by atoms with van der Waals surface area (Å²) in [5.41, 5.74) is 8.21. The van der Waals surface area contributed by atoms with Gasteiger partial charge in [-0.2, -0.15) is 8.42 Å². The van der Waals surface area contributed by atoms with Gasteiger partial charge in [-0.15, -0.1) is 5.53 Å². The van der Waals surface area contributed by atoms with Crippen LogP contribution in [0.1, 0.15) is 167 Å². The molecule has 2 aromatic rings. The molecular weight excluding hydrogens is 1940 g/mol. The molecule has 0 radical (unpaired) electrons. The predicted molar refractivity (Wildman–Crippen MR) is 535 cm³/mol. The Bertz CT molecular complexity index is 4840. The number of para-hydroxylation sites is 1. The molecule has 0 spiro atoms. The number of amides is 8. The molecule has 3 heterocycles. The van der Waals surface area contributed by atoms with Gasteiger partial charge in [0.15, 0.2) is 29.1 Å². The molecule has 43 nitrogen and oxygen atoms in total. The van der Waals surface area contributed by atoms with Gasteiger partial charge >= 0.3 is 0 Å². The first kappa shape index (κ1) is 120. The van der Waals surface area contributed by atoms with Crippen LogP contribution in [0.2, 0.25) is 0 Å². The van der Waals surface area contributed by atoms with E-state index in [1.807, 2.05) is 67.5 Å².